The van der Waals surface area contributed by atoms with Gasteiger partial charge in [-0.1, -0.05) is 133 Å². The molecule has 1 spiro atoms. The van der Waals surface area contributed by atoms with Crippen molar-refractivity contribution in [1.29, 1.82) is 0 Å². The molecule has 12 rings (SSSR count). The number of furan rings is 1. The van der Waals surface area contributed by atoms with Crippen LogP contribution in [0.1, 0.15) is 22.3 Å². The second-order valence-corrected chi connectivity index (χ2v) is 14.4. The van der Waals surface area contributed by atoms with Gasteiger partial charge in [-0.3, -0.25) is 0 Å². The van der Waals surface area contributed by atoms with Crippen LogP contribution in [0.2, 0.25) is 0 Å². The Labute approximate surface area is 311 Å². The van der Waals surface area contributed by atoms with Gasteiger partial charge in [0.05, 0.1) is 11.1 Å². The van der Waals surface area contributed by atoms with Crippen molar-refractivity contribution in [2.75, 3.05) is 4.90 Å². The summed E-state index contributed by atoms with van der Waals surface area (Å²) in [6.07, 6.45) is 0. The van der Waals surface area contributed by atoms with Crippen LogP contribution in [0.5, 0.6) is 11.5 Å². The minimum absolute atomic E-state index is 0.583. The third kappa shape index (κ3) is 3.85. The van der Waals surface area contributed by atoms with Crippen LogP contribution in [-0.2, 0) is 5.41 Å². The highest BCUT2D eigenvalue weighted by Crippen LogP contribution is 2.61. The van der Waals surface area contributed by atoms with E-state index in [2.05, 4.69) is 193 Å². The summed E-state index contributed by atoms with van der Waals surface area (Å²) in [7, 11) is 0. The average molecular weight is 690 g/mol. The maximum atomic E-state index is 6.72. The molecule has 3 nitrogen and oxygen atoms in total. The van der Waals surface area contributed by atoms with Crippen molar-refractivity contribution >= 4 is 60.5 Å². The number of ether oxygens (including phenoxy) is 1. The first-order chi connectivity index (χ1) is 26.8. The maximum Gasteiger partial charge on any atom is 0.143 e. The number of anilines is 3. The van der Waals surface area contributed by atoms with E-state index in [0.717, 1.165) is 67.0 Å². The van der Waals surface area contributed by atoms with E-state index >= 15 is 0 Å². The molecular weight excluding hydrogens is 659 g/mol. The number of fused-ring (bicyclic) bond motifs is 13. The van der Waals surface area contributed by atoms with Crippen LogP contribution in [0, 0.1) is 0 Å². The van der Waals surface area contributed by atoms with E-state index in [1.807, 2.05) is 0 Å². The summed E-state index contributed by atoms with van der Waals surface area (Å²) >= 11 is 0. The normalized spacial score (nSPS) is 13.5. The van der Waals surface area contributed by atoms with Crippen molar-refractivity contribution in [2.45, 2.75) is 5.41 Å². The summed E-state index contributed by atoms with van der Waals surface area (Å²) in [5.41, 5.74) is 11.7. The van der Waals surface area contributed by atoms with Crippen molar-refractivity contribution in [1.82, 2.24) is 0 Å². The van der Waals surface area contributed by atoms with E-state index in [0.29, 0.717) is 0 Å². The Hall–Kier alpha value is -7.10. The molecule has 0 amide bonds. The van der Waals surface area contributed by atoms with Gasteiger partial charge >= 0.3 is 0 Å². The Morgan fingerprint density at radius 3 is 1.91 bits per heavy atom. The monoisotopic (exact) mass is 689 g/mol. The number of nitrogens with zero attached hydrogens (tertiary/aromatic N) is 1. The van der Waals surface area contributed by atoms with Crippen LogP contribution in [0.25, 0.3) is 54.6 Å². The lowest BCUT2D eigenvalue weighted by molar-refractivity contribution is 0.435. The Balaban J connectivity index is 1.16. The summed E-state index contributed by atoms with van der Waals surface area (Å²) in [6, 6.07) is 67.7. The fourth-order valence-corrected chi connectivity index (χ4v) is 9.52. The quantitative estimate of drug-likeness (QED) is 0.185. The first-order valence-electron chi connectivity index (χ1n) is 18.5. The number of hydrogen-bond donors (Lipinski definition) is 0. The number of rotatable bonds is 3. The highest BCUT2D eigenvalue weighted by atomic mass is 16.5. The summed E-state index contributed by atoms with van der Waals surface area (Å²) in [5.74, 6) is 1.78. The van der Waals surface area contributed by atoms with Crippen LogP contribution < -0.4 is 9.64 Å². The van der Waals surface area contributed by atoms with Crippen LogP contribution in [-0.4, -0.2) is 0 Å². The molecule has 0 N–H and O–H groups in total. The first-order valence-corrected chi connectivity index (χ1v) is 18.5. The molecule has 1 aliphatic heterocycles. The third-order valence-electron chi connectivity index (χ3n) is 11.7. The van der Waals surface area contributed by atoms with Crippen molar-refractivity contribution in [3.63, 3.8) is 0 Å². The molecule has 0 fully saturated rings. The van der Waals surface area contributed by atoms with Gasteiger partial charge in [0.1, 0.15) is 22.7 Å². The van der Waals surface area contributed by atoms with Gasteiger partial charge in [-0.2, -0.15) is 0 Å². The van der Waals surface area contributed by atoms with E-state index in [4.69, 9.17) is 9.15 Å². The van der Waals surface area contributed by atoms with Gasteiger partial charge in [0, 0.05) is 50.1 Å². The molecule has 54 heavy (non-hydrogen) atoms. The zero-order valence-corrected chi connectivity index (χ0v) is 29.2. The highest BCUT2D eigenvalue weighted by Gasteiger charge is 2.49. The molecule has 10 aromatic rings. The van der Waals surface area contributed by atoms with E-state index < -0.39 is 5.41 Å². The van der Waals surface area contributed by atoms with Gasteiger partial charge in [-0.15, -0.1) is 0 Å². The molecule has 0 unspecified atom stereocenters. The van der Waals surface area contributed by atoms with Gasteiger partial charge in [0.15, 0.2) is 0 Å². The summed E-state index contributed by atoms with van der Waals surface area (Å²) in [5, 5.41) is 6.97. The molecule has 9 aromatic carbocycles. The second kappa shape index (κ2) is 11.0. The fourth-order valence-electron chi connectivity index (χ4n) is 9.52. The molecule has 1 aliphatic carbocycles. The van der Waals surface area contributed by atoms with Crippen LogP contribution in [0.15, 0.2) is 192 Å². The average Bonchev–Trinajstić information content (AvgIpc) is 3.62. The van der Waals surface area contributed by atoms with Crippen LogP contribution in [0.4, 0.5) is 17.1 Å². The van der Waals surface area contributed by atoms with Gasteiger partial charge in [0.2, 0.25) is 0 Å². The van der Waals surface area contributed by atoms with Crippen LogP contribution in [0.3, 0.4) is 0 Å². The van der Waals surface area contributed by atoms with E-state index in [-0.39, 0.29) is 0 Å². The molecule has 2 heterocycles. The summed E-state index contributed by atoms with van der Waals surface area (Å²) in [6.45, 7) is 0. The standard InChI is InChI=1S/C51H31NO2/c1-2-14-33(15-3-1)52(34-26-28-37-39-27-25-32-13-4-5-16-35(32)50(39)54-48(37)31-34)45-30-29-38-36-17-6-7-19-41(36)51(44-22-12-18-40(45)49(38)44)42-20-8-10-23-46(42)53-47-24-11-9-21-43(47)51/h1-31H. The molecular formula is C51H31NO2. The Kier molecular flexibility index (Phi) is 5.98. The molecule has 0 bridgehead atoms. The van der Waals surface area contributed by atoms with E-state index in [1.54, 1.807) is 0 Å². The second-order valence-electron chi connectivity index (χ2n) is 14.4. The minimum Gasteiger partial charge on any atom is -0.457 e. The maximum absolute atomic E-state index is 6.72. The first kappa shape index (κ1) is 29.5. The largest absolute Gasteiger partial charge is 0.457 e. The van der Waals surface area contributed by atoms with Gasteiger partial charge in [-0.25, -0.2) is 0 Å². The van der Waals surface area contributed by atoms with Crippen molar-refractivity contribution in [2.24, 2.45) is 0 Å². The molecule has 0 saturated heterocycles. The van der Waals surface area contributed by atoms with E-state index in [1.165, 1.54) is 38.4 Å². The SMILES string of the molecule is c1ccc(N(c2ccc3c(c2)oc2c4ccccc4ccc32)c2ccc3c4c(cccc24)C2(c4ccccc4Oc4ccccc42)c2ccccc2-3)cc1. The van der Waals surface area contributed by atoms with Gasteiger partial charge < -0.3 is 14.1 Å². The molecule has 0 saturated carbocycles. The van der Waals surface area contributed by atoms with Crippen molar-refractivity contribution < 1.29 is 9.15 Å². The van der Waals surface area contributed by atoms with Crippen molar-refractivity contribution in [3.05, 3.63) is 210 Å². The Morgan fingerprint density at radius 2 is 1.07 bits per heavy atom. The minimum atomic E-state index is -0.583. The summed E-state index contributed by atoms with van der Waals surface area (Å²) in [4.78, 5) is 2.38. The zero-order valence-electron chi connectivity index (χ0n) is 29.2. The van der Waals surface area contributed by atoms with Gasteiger partial charge in [-0.05, 0) is 81.6 Å². The number of hydrogen-bond acceptors (Lipinski definition) is 3. The van der Waals surface area contributed by atoms with Gasteiger partial charge in [0.25, 0.3) is 0 Å². The molecule has 0 atom stereocenters. The Bertz CT molecular complexity index is 3110. The number of benzene rings is 9. The lowest BCUT2D eigenvalue weighted by atomic mass is 9.58. The fraction of sp³-hybridized carbons (Fsp3) is 0.0196. The summed E-state index contributed by atoms with van der Waals surface area (Å²) < 4.78 is 13.4. The molecule has 2 aliphatic rings. The third-order valence-corrected chi connectivity index (χ3v) is 11.7. The molecule has 3 heteroatoms. The predicted molar refractivity (Wildman–Crippen MR) is 221 cm³/mol. The zero-order chi connectivity index (χ0) is 35.4. The topological polar surface area (TPSA) is 25.6 Å². The lowest BCUT2D eigenvalue weighted by Gasteiger charge is -2.45. The highest BCUT2D eigenvalue weighted by molar-refractivity contribution is 6.16. The predicted octanol–water partition coefficient (Wildman–Crippen LogP) is 13.8. The number of para-hydroxylation sites is 3. The van der Waals surface area contributed by atoms with Crippen LogP contribution >= 0.6 is 0 Å². The Morgan fingerprint density at radius 1 is 0.407 bits per heavy atom. The van der Waals surface area contributed by atoms with E-state index in [9.17, 15) is 0 Å². The lowest BCUT2D eigenvalue weighted by Crippen LogP contribution is -2.36. The molecule has 252 valence electrons. The smallest absolute Gasteiger partial charge is 0.143 e. The molecule has 1 aromatic heterocycles. The molecule has 0 radical (unpaired) electrons. The van der Waals surface area contributed by atoms with Crippen molar-refractivity contribution in [3.8, 4) is 22.6 Å².